The number of anilines is 1. The summed E-state index contributed by atoms with van der Waals surface area (Å²) in [5, 5.41) is 12.5. The lowest BCUT2D eigenvalue weighted by Gasteiger charge is -2.08. The minimum absolute atomic E-state index is 0.0363. The van der Waals surface area contributed by atoms with Crippen molar-refractivity contribution in [1.29, 1.82) is 0 Å². The van der Waals surface area contributed by atoms with Crippen LogP contribution < -0.4 is 5.32 Å². The second-order valence-electron chi connectivity index (χ2n) is 8.92. The van der Waals surface area contributed by atoms with E-state index in [2.05, 4.69) is 36.5 Å². The van der Waals surface area contributed by atoms with Gasteiger partial charge in [-0.1, -0.05) is 19.9 Å². The molecule has 0 saturated heterocycles. The van der Waals surface area contributed by atoms with Crippen LogP contribution in [-0.2, 0) is 4.79 Å². The van der Waals surface area contributed by atoms with Crippen LogP contribution in [0.5, 0.6) is 0 Å². The molecule has 0 saturated carbocycles. The highest BCUT2D eigenvalue weighted by Gasteiger charge is 2.17. The summed E-state index contributed by atoms with van der Waals surface area (Å²) < 4.78 is 0. The molecule has 0 fully saturated rings. The summed E-state index contributed by atoms with van der Waals surface area (Å²) in [4.78, 5) is 35.1. The topological polar surface area (TPSA) is 125 Å². The summed E-state index contributed by atoms with van der Waals surface area (Å²) in [6.45, 7) is 4.02. The lowest BCUT2D eigenvalue weighted by molar-refractivity contribution is -0.116. The van der Waals surface area contributed by atoms with Crippen molar-refractivity contribution in [2.45, 2.75) is 20.3 Å². The van der Waals surface area contributed by atoms with Gasteiger partial charge in [-0.2, -0.15) is 5.10 Å². The molecule has 6 aromatic heterocycles. The van der Waals surface area contributed by atoms with Gasteiger partial charge < -0.3 is 10.3 Å². The number of rotatable bonds is 6. The number of thiophene rings is 1. The summed E-state index contributed by atoms with van der Waals surface area (Å²) in [6, 6.07) is 9.77. The highest BCUT2D eigenvalue weighted by Crippen LogP contribution is 2.33. The zero-order valence-electron chi connectivity index (χ0n) is 19.6. The number of nitrogens with one attached hydrogen (secondary N) is 3. The highest BCUT2D eigenvalue weighted by atomic mass is 32.1. The molecule has 3 N–H and O–H groups in total. The van der Waals surface area contributed by atoms with Crippen molar-refractivity contribution in [3.8, 4) is 33.2 Å². The summed E-state index contributed by atoms with van der Waals surface area (Å²) >= 11 is 1.65. The van der Waals surface area contributed by atoms with E-state index in [0.29, 0.717) is 29.1 Å². The van der Waals surface area contributed by atoms with Crippen molar-refractivity contribution in [3.05, 3.63) is 60.5 Å². The average molecular weight is 495 g/mol. The Morgan fingerprint density at radius 2 is 1.92 bits per heavy atom. The predicted octanol–water partition coefficient (Wildman–Crippen LogP) is 5.67. The van der Waals surface area contributed by atoms with Gasteiger partial charge in [-0.3, -0.25) is 19.9 Å². The van der Waals surface area contributed by atoms with E-state index in [1.807, 2.05) is 49.7 Å². The molecule has 0 aliphatic carbocycles. The van der Waals surface area contributed by atoms with Crippen molar-refractivity contribution in [2.24, 2.45) is 5.92 Å². The van der Waals surface area contributed by atoms with Crippen molar-refractivity contribution in [2.75, 3.05) is 5.32 Å². The fraction of sp³-hybridized carbons (Fsp3) is 0.154. The van der Waals surface area contributed by atoms with E-state index in [1.54, 1.807) is 29.9 Å². The van der Waals surface area contributed by atoms with Gasteiger partial charge in [-0.25, -0.2) is 9.97 Å². The van der Waals surface area contributed by atoms with Crippen LogP contribution in [0.2, 0.25) is 0 Å². The Morgan fingerprint density at radius 3 is 2.75 bits per heavy atom. The van der Waals surface area contributed by atoms with Gasteiger partial charge in [0.2, 0.25) is 5.91 Å². The van der Waals surface area contributed by atoms with Gasteiger partial charge in [0.1, 0.15) is 11.0 Å². The number of hydrogen-bond acceptors (Lipinski definition) is 7. The van der Waals surface area contributed by atoms with E-state index in [1.165, 1.54) is 0 Å². The highest BCUT2D eigenvalue weighted by molar-refractivity contribution is 7.13. The lowest BCUT2D eigenvalue weighted by Crippen LogP contribution is -2.14. The van der Waals surface area contributed by atoms with Crippen LogP contribution in [-0.4, -0.2) is 41.0 Å². The molecule has 0 atom stereocenters. The molecule has 0 aliphatic heterocycles. The molecule has 0 spiro atoms. The minimum atomic E-state index is -0.0363. The molecule has 10 heteroatoms. The van der Waals surface area contributed by atoms with Crippen LogP contribution in [0.15, 0.2) is 60.5 Å². The van der Waals surface area contributed by atoms with Crippen molar-refractivity contribution in [3.63, 3.8) is 0 Å². The van der Waals surface area contributed by atoms with Crippen molar-refractivity contribution >= 4 is 45.0 Å². The first-order valence-corrected chi connectivity index (χ1v) is 12.4. The van der Waals surface area contributed by atoms with E-state index >= 15 is 0 Å². The molecular weight excluding hydrogens is 472 g/mol. The number of aromatic amines is 2. The fourth-order valence-corrected chi connectivity index (χ4v) is 4.85. The third kappa shape index (κ3) is 4.11. The SMILES string of the molecule is CC(C)CC(=O)Nc1cncc(-c2ccc3[nH]nc(-c4nc5c(-c6cccs6)cncc5[nH]4)c3n2)c1. The van der Waals surface area contributed by atoms with Crippen LogP contribution in [0.1, 0.15) is 20.3 Å². The Kier molecular flexibility index (Phi) is 5.49. The quantitative estimate of drug-likeness (QED) is 0.274. The van der Waals surface area contributed by atoms with Crippen LogP contribution in [0, 0.1) is 5.92 Å². The molecule has 0 aromatic carbocycles. The van der Waals surface area contributed by atoms with Gasteiger partial charge in [0.05, 0.1) is 34.8 Å². The number of amides is 1. The van der Waals surface area contributed by atoms with Gasteiger partial charge in [0, 0.05) is 34.8 Å². The molecule has 0 radical (unpaired) electrons. The van der Waals surface area contributed by atoms with Crippen LogP contribution in [0.25, 0.3) is 55.3 Å². The Morgan fingerprint density at radius 1 is 1.03 bits per heavy atom. The molecule has 0 unspecified atom stereocenters. The number of nitrogens with zero attached hydrogens (tertiary/aromatic N) is 5. The van der Waals surface area contributed by atoms with Crippen molar-refractivity contribution in [1.82, 2.24) is 35.1 Å². The lowest BCUT2D eigenvalue weighted by atomic mass is 10.1. The third-order valence-electron chi connectivity index (χ3n) is 5.72. The van der Waals surface area contributed by atoms with Crippen LogP contribution in [0.4, 0.5) is 5.69 Å². The zero-order chi connectivity index (χ0) is 24.6. The molecule has 178 valence electrons. The van der Waals surface area contributed by atoms with E-state index in [-0.39, 0.29) is 11.8 Å². The summed E-state index contributed by atoms with van der Waals surface area (Å²) in [6.07, 6.45) is 7.41. The molecular formula is C26H22N8OS. The first kappa shape index (κ1) is 22.1. The smallest absolute Gasteiger partial charge is 0.224 e. The Bertz CT molecular complexity index is 1700. The Labute approximate surface area is 210 Å². The first-order valence-electron chi connectivity index (χ1n) is 11.5. The van der Waals surface area contributed by atoms with Gasteiger partial charge in [-0.05, 0) is 35.6 Å². The Balaban J connectivity index is 1.38. The monoisotopic (exact) mass is 494 g/mol. The van der Waals surface area contributed by atoms with E-state index in [9.17, 15) is 4.79 Å². The standard InChI is InChI=1S/C26H22N8OS/c1-14(2)8-22(35)29-16-9-15(10-27-11-16)18-5-6-19-24(30-18)25(34-33-19)26-31-20-13-28-12-17(23(20)32-26)21-4-3-7-36-21/h3-7,9-14H,8H2,1-2H3,(H,29,35)(H,31,32)(H,33,34). The molecule has 6 heterocycles. The second kappa shape index (κ2) is 8.97. The number of aromatic nitrogens is 7. The van der Waals surface area contributed by atoms with E-state index < -0.39 is 0 Å². The number of H-pyrrole nitrogens is 2. The number of carbonyl (C=O) groups excluding carboxylic acids is 1. The average Bonchev–Trinajstić information content (AvgIpc) is 3.62. The molecule has 1 amide bonds. The van der Waals surface area contributed by atoms with Crippen LogP contribution in [0.3, 0.4) is 0 Å². The number of fused-ring (bicyclic) bond motifs is 2. The molecule has 0 bridgehead atoms. The van der Waals surface area contributed by atoms with Gasteiger partial charge in [0.15, 0.2) is 11.5 Å². The minimum Gasteiger partial charge on any atom is -0.335 e. The largest absolute Gasteiger partial charge is 0.335 e. The maximum Gasteiger partial charge on any atom is 0.224 e. The number of carbonyl (C=O) groups is 1. The fourth-order valence-electron chi connectivity index (χ4n) is 4.11. The summed E-state index contributed by atoms with van der Waals surface area (Å²) in [5.41, 5.74) is 6.89. The normalized spacial score (nSPS) is 11.5. The third-order valence-corrected chi connectivity index (χ3v) is 6.63. The number of hydrogen-bond donors (Lipinski definition) is 3. The molecule has 36 heavy (non-hydrogen) atoms. The first-order chi connectivity index (χ1) is 17.5. The van der Waals surface area contributed by atoms with Gasteiger partial charge >= 0.3 is 0 Å². The summed E-state index contributed by atoms with van der Waals surface area (Å²) in [7, 11) is 0. The Hall–Kier alpha value is -4.44. The number of imidazole rings is 1. The zero-order valence-corrected chi connectivity index (χ0v) is 20.4. The predicted molar refractivity (Wildman–Crippen MR) is 141 cm³/mol. The molecule has 6 rings (SSSR count). The molecule has 9 nitrogen and oxygen atoms in total. The van der Waals surface area contributed by atoms with Gasteiger partial charge in [0.25, 0.3) is 0 Å². The maximum absolute atomic E-state index is 12.2. The van der Waals surface area contributed by atoms with Gasteiger partial charge in [-0.15, -0.1) is 11.3 Å². The summed E-state index contributed by atoms with van der Waals surface area (Å²) in [5.74, 6) is 0.852. The maximum atomic E-state index is 12.2. The molecule has 0 aliphatic rings. The second-order valence-corrected chi connectivity index (χ2v) is 9.87. The van der Waals surface area contributed by atoms with E-state index in [4.69, 9.17) is 9.97 Å². The van der Waals surface area contributed by atoms with Crippen molar-refractivity contribution < 1.29 is 4.79 Å². The molecule has 6 aromatic rings. The number of pyridine rings is 3. The van der Waals surface area contributed by atoms with Crippen LogP contribution >= 0.6 is 11.3 Å². The van der Waals surface area contributed by atoms with E-state index in [0.717, 1.165) is 38.2 Å².